The minimum Gasteiger partial charge on any atom is -0.336 e. The van der Waals surface area contributed by atoms with Crippen molar-refractivity contribution in [2.45, 2.75) is 19.9 Å². The molecule has 0 spiro atoms. The molecule has 2 amide bonds. The number of rotatable bonds is 1. The van der Waals surface area contributed by atoms with E-state index in [0.29, 0.717) is 0 Å². The first-order valence-electron chi connectivity index (χ1n) is 3.02. The van der Waals surface area contributed by atoms with E-state index in [1.807, 2.05) is 13.8 Å². The third kappa shape index (κ3) is 3.82. The van der Waals surface area contributed by atoms with Gasteiger partial charge in [-0.1, -0.05) is 0 Å². The van der Waals surface area contributed by atoms with Gasteiger partial charge in [0.25, 0.3) is 0 Å². The molecule has 0 aliphatic heterocycles. The molecule has 0 bridgehead atoms. The normalized spacial score (nSPS) is 9.44. The summed E-state index contributed by atoms with van der Waals surface area (Å²) in [4.78, 5) is 12.3. The monoisotopic (exact) mass is 130 g/mol. The number of carbonyl (C=O) groups excluding carboxylic acids is 1. The fourth-order valence-electron chi connectivity index (χ4n) is 0.376. The molecule has 0 aliphatic rings. The molecular weight excluding hydrogens is 116 g/mol. The van der Waals surface area contributed by atoms with Crippen molar-refractivity contribution in [3.05, 3.63) is 0 Å². The van der Waals surface area contributed by atoms with Gasteiger partial charge in [0.1, 0.15) is 0 Å². The molecule has 0 aromatic carbocycles. The van der Waals surface area contributed by atoms with Crippen molar-refractivity contribution >= 4 is 6.03 Å². The van der Waals surface area contributed by atoms with Crippen LogP contribution in [-0.4, -0.2) is 31.1 Å². The maximum Gasteiger partial charge on any atom is 0.317 e. The van der Waals surface area contributed by atoms with Gasteiger partial charge in [0, 0.05) is 20.1 Å². The lowest BCUT2D eigenvalue weighted by Crippen LogP contribution is -2.38. The Morgan fingerprint density at radius 1 is 1.44 bits per heavy atom. The van der Waals surface area contributed by atoms with E-state index in [1.54, 1.807) is 14.1 Å². The largest absolute Gasteiger partial charge is 0.336 e. The highest BCUT2D eigenvalue weighted by atomic mass is 16.2. The van der Waals surface area contributed by atoms with Crippen molar-refractivity contribution < 1.29 is 4.79 Å². The molecule has 1 N–H and O–H groups in total. The third-order valence-electron chi connectivity index (χ3n) is 0.818. The van der Waals surface area contributed by atoms with E-state index >= 15 is 0 Å². The van der Waals surface area contributed by atoms with Crippen LogP contribution >= 0.6 is 0 Å². The topological polar surface area (TPSA) is 32.3 Å². The lowest BCUT2D eigenvalue weighted by Gasteiger charge is -2.13. The van der Waals surface area contributed by atoms with Gasteiger partial charge in [-0.15, -0.1) is 0 Å². The van der Waals surface area contributed by atoms with Crippen molar-refractivity contribution in [1.82, 2.24) is 10.2 Å². The van der Waals surface area contributed by atoms with Crippen molar-refractivity contribution in [3.8, 4) is 0 Å². The first-order chi connectivity index (χ1) is 4.04. The Labute approximate surface area is 56.0 Å². The van der Waals surface area contributed by atoms with E-state index in [4.69, 9.17) is 0 Å². The van der Waals surface area contributed by atoms with Gasteiger partial charge in [0.2, 0.25) is 0 Å². The summed E-state index contributed by atoms with van der Waals surface area (Å²) in [5.74, 6) is 0. The molecule has 0 saturated carbocycles. The molecule has 0 heterocycles. The van der Waals surface area contributed by atoms with Gasteiger partial charge in [-0.2, -0.15) is 0 Å². The van der Waals surface area contributed by atoms with Crippen LogP contribution in [0.3, 0.4) is 0 Å². The van der Waals surface area contributed by atoms with Crippen molar-refractivity contribution in [2.24, 2.45) is 0 Å². The quantitative estimate of drug-likeness (QED) is 0.555. The summed E-state index contributed by atoms with van der Waals surface area (Å²) >= 11 is 0. The van der Waals surface area contributed by atoms with E-state index in [-0.39, 0.29) is 12.1 Å². The summed E-state index contributed by atoms with van der Waals surface area (Å²) in [6.07, 6.45) is 0. The summed E-state index contributed by atoms with van der Waals surface area (Å²) in [6, 6.07) is 0.185. The van der Waals surface area contributed by atoms with Crippen molar-refractivity contribution in [3.63, 3.8) is 0 Å². The van der Waals surface area contributed by atoms with Crippen LogP contribution in [0, 0.1) is 0 Å². The van der Waals surface area contributed by atoms with E-state index in [1.165, 1.54) is 4.90 Å². The second kappa shape index (κ2) is 3.33. The maximum atomic E-state index is 10.8. The number of hydrogen-bond donors (Lipinski definition) is 1. The first-order valence-corrected chi connectivity index (χ1v) is 3.02. The predicted molar refractivity (Wildman–Crippen MR) is 37.4 cm³/mol. The molecule has 54 valence electrons. The molecule has 0 saturated heterocycles. The highest BCUT2D eigenvalue weighted by Gasteiger charge is 2.02. The number of carbonyl (C=O) groups is 1. The highest BCUT2D eigenvalue weighted by molar-refractivity contribution is 5.73. The van der Waals surface area contributed by atoms with Crippen LogP contribution in [0.25, 0.3) is 0 Å². The summed E-state index contributed by atoms with van der Waals surface area (Å²) in [6.45, 7) is 3.86. The van der Waals surface area contributed by atoms with Crippen LogP contribution in [0.5, 0.6) is 0 Å². The standard InChI is InChI=1S/C6H14N2O/c1-5(2)7-6(9)8(3)4/h5H,1-4H3,(H,7,9). The Kier molecular flexibility index (Phi) is 3.06. The number of nitrogens with zero attached hydrogens (tertiary/aromatic N) is 1. The molecule has 0 aliphatic carbocycles. The SMILES string of the molecule is CC(C)NC(=O)N(C)C. The fourth-order valence-corrected chi connectivity index (χ4v) is 0.376. The van der Waals surface area contributed by atoms with Gasteiger partial charge < -0.3 is 10.2 Å². The lowest BCUT2D eigenvalue weighted by molar-refractivity contribution is 0.215. The fraction of sp³-hybridized carbons (Fsp3) is 0.833. The Balaban J connectivity index is 3.51. The molecule has 0 radical (unpaired) electrons. The zero-order chi connectivity index (χ0) is 7.44. The lowest BCUT2D eigenvalue weighted by atomic mass is 10.4. The average molecular weight is 130 g/mol. The van der Waals surface area contributed by atoms with E-state index < -0.39 is 0 Å². The zero-order valence-corrected chi connectivity index (χ0v) is 6.43. The molecule has 3 heteroatoms. The van der Waals surface area contributed by atoms with E-state index in [0.717, 1.165) is 0 Å². The van der Waals surface area contributed by atoms with Crippen LogP contribution < -0.4 is 5.32 Å². The van der Waals surface area contributed by atoms with Crippen molar-refractivity contribution in [2.75, 3.05) is 14.1 Å². The third-order valence-corrected chi connectivity index (χ3v) is 0.818. The predicted octanol–water partition coefficient (Wildman–Crippen LogP) is 0.666. The molecule has 9 heavy (non-hydrogen) atoms. The van der Waals surface area contributed by atoms with Crippen LogP contribution in [0.4, 0.5) is 4.79 Å². The summed E-state index contributed by atoms with van der Waals surface area (Å²) in [5.41, 5.74) is 0. The maximum absolute atomic E-state index is 10.8. The molecule has 0 unspecified atom stereocenters. The van der Waals surface area contributed by atoms with Gasteiger partial charge in [-0.05, 0) is 13.8 Å². The van der Waals surface area contributed by atoms with Crippen LogP contribution in [-0.2, 0) is 0 Å². The van der Waals surface area contributed by atoms with Gasteiger partial charge in [-0.3, -0.25) is 0 Å². The molecule has 0 atom stereocenters. The van der Waals surface area contributed by atoms with Gasteiger partial charge >= 0.3 is 6.03 Å². The number of nitrogens with one attached hydrogen (secondary N) is 1. The number of amides is 2. The number of urea groups is 1. The van der Waals surface area contributed by atoms with Crippen molar-refractivity contribution in [1.29, 1.82) is 0 Å². The molecule has 0 fully saturated rings. The molecule has 0 aromatic rings. The molecule has 3 nitrogen and oxygen atoms in total. The van der Waals surface area contributed by atoms with Crippen LogP contribution in [0.2, 0.25) is 0 Å². The smallest absolute Gasteiger partial charge is 0.317 e. The van der Waals surface area contributed by atoms with E-state index in [9.17, 15) is 4.79 Å². The van der Waals surface area contributed by atoms with Crippen LogP contribution in [0.15, 0.2) is 0 Å². The minimum absolute atomic E-state index is 0.0370. The number of hydrogen-bond acceptors (Lipinski definition) is 1. The summed E-state index contributed by atoms with van der Waals surface area (Å²) in [5, 5.41) is 2.73. The van der Waals surface area contributed by atoms with Gasteiger partial charge in [-0.25, -0.2) is 4.79 Å². The first kappa shape index (κ1) is 8.27. The Hall–Kier alpha value is -0.730. The molecular formula is C6H14N2O. The Bertz CT molecular complexity index is 99.2. The Morgan fingerprint density at radius 2 is 1.89 bits per heavy atom. The van der Waals surface area contributed by atoms with E-state index in [2.05, 4.69) is 5.32 Å². The summed E-state index contributed by atoms with van der Waals surface area (Å²) in [7, 11) is 3.44. The molecule has 0 rings (SSSR count). The second-order valence-corrected chi connectivity index (χ2v) is 2.50. The Morgan fingerprint density at radius 3 is 2.00 bits per heavy atom. The van der Waals surface area contributed by atoms with Crippen LogP contribution in [0.1, 0.15) is 13.8 Å². The minimum atomic E-state index is -0.0370. The summed E-state index contributed by atoms with van der Waals surface area (Å²) < 4.78 is 0. The zero-order valence-electron chi connectivity index (χ0n) is 6.43. The van der Waals surface area contributed by atoms with Gasteiger partial charge in [0.15, 0.2) is 0 Å². The average Bonchev–Trinajstić information content (AvgIpc) is 1.63. The highest BCUT2D eigenvalue weighted by Crippen LogP contribution is 1.80. The second-order valence-electron chi connectivity index (χ2n) is 2.50. The van der Waals surface area contributed by atoms with Gasteiger partial charge in [0.05, 0.1) is 0 Å². The molecule has 0 aromatic heterocycles.